The number of hydrogen-bond donors (Lipinski definition) is 2. The number of aliphatic hydroxyl groups excluding tert-OH is 1. The van der Waals surface area contributed by atoms with Gasteiger partial charge in [0.2, 0.25) is 0 Å². The van der Waals surface area contributed by atoms with Crippen LogP contribution in [0, 0.1) is 0 Å². The Bertz CT molecular complexity index is 374. The Morgan fingerprint density at radius 3 is 2.74 bits per heavy atom. The number of aliphatic hydroxyl groups is 1. The molecule has 1 aromatic heterocycles. The highest BCUT2D eigenvalue weighted by atomic mass is 32.2. The summed E-state index contributed by atoms with van der Waals surface area (Å²) < 4.78 is 0. The topological polar surface area (TPSA) is 58.0 Å². The third kappa shape index (κ3) is 5.37. The predicted octanol–water partition coefficient (Wildman–Crippen LogP) is 3.11. The Labute approximate surface area is 120 Å². The van der Waals surface area contributed by atoms with E-state index in [-0.39, 0.29) is 6.61 Å². The zero-order valence-electron chi connectivity index (χ0n) is 12.1. The summed E-state index contributed by atoms with van der Waals surface area (Å²) in [5.41, 5.74) is 1.22. The van der Waals surface area contributed by atoms with E-state index in [0.717, 1.165) is 43.1 Å². The lowest BCUT2D eigenvalue weighted by molar-refractivity contribution is 0.289. The monoisotopic (exact) mass is 283 g/mol. The summed E-state index contributed by atoms with van der Waals surface area (Å²) in [5.74, 6) is 0.970. The van der Waals surface area contributed by atoms with E-state index in [4.69, 9.17) is 5.11 Å². The van der Waals surface area contributed by atoms with Crippen molar-refractivity contribution in [2.45, 2.75) is 56.7 Å². The third-order valence-electron chi connectivity index (χ3n) is 2.80. The second-order valence-electron chi connectivity index (χ2n) is 4.62. The first-order valence-corrected chi connectivity index (χ1v) is 7.96. The Balaban J connectivity index is 2.88. The molecule has 1 aromatic rings. The van der Waals surface area contributed by atoms with Crippen LogP contribution in [0.25, 0.3) is 0 Å². The second kappa shape index (κ2) is 9.15. The standard InChI is InChI=1S/C14H25N3OS/c1-4-6-12-13(15-8-5-2)16-10-17-14(12)19-11(3)7-9-18/h10-11,18H,4-9H2,1-3H3,(H,15,16,17). The largest absolute Gasteiger partial charge is 0.396 e. The first-order chi connectivity index (χ1) is 9.22. The van der Waals surface area contributed by atoms with Crippen LogP contribution in [0.5, 0.6) is 0 Å². The Hall–Kier alpha value is -0.810. The van der Waals surface area contributed by atoms with Crippen molar-refractivity contribution >= 4 is 17.6 Å². The molecule has 0 aromatic carbocycles. The van der Waals surface area contributed by atoms with Gasteiger partial charge in [0.05, 0.1) is 0 Å². The molecular weight excluding hydrogens is 258 g/mol. The van der Waals surface area contributed by atoms with Gasteiger partial charge < -0.3 is 10.4 Å². The zero-order chi connectivity index (χ0) is 14.1. The minimum atomic E-state index is 0.225. The molecule has 0 aliphatic carbocycles. The Morgan fingerprint density at radius 1 is 1.32 bits per heavy atom. The summed E-state index contributed by atoms with van der Waals surface area (Å²) in [5, 5.41) is 13.8. The van der Waals surface area contributed by atoms with Crippen LogP contribution in [-0.4, -0.2) is 33.5 Å². The molecule has 0 aliphatic heterocycles. The van der Waals surface area contributed by atoms with Crippen molar-refractivity contribution in [1.29, 1.82) is 0 Å². The highest BCUT2D eigenvalue weighted by Gasteiger charge is 2.13. The minimum Gasteiger partial charge on any atom is -0.396 e. The smallest absolute Gasteiger partial charge is 0.133 e. The van der Waals surface area contributed by atoms with E-state index in [9.17, 15) is 0 Å². The quantitative estimate of drug-likeness (QED) is 0.538. The van der Waals surface area contributed by atoms with Gasteiger partial charge in [-0.1, -0.05) is 27.2 Å². The van der Waals surface area contributed by atoms with Gasteiger partial charge in [-0.25, -0.2) is 9.97 Å². The highest BCUT2D eigenvalue weighted by Crippen LogP contribution is 2.30. The molecule has 2 N–H and O–H groups in total. The van der Waals surface area contributed by atoms with Crippen molar-refractivity contribution in [2.24, 2.45) is 0 Å². The van der Waals surface area contributed by atoms with Crippen LogP contribution in [0.4, 0.5) is 5.82 Å². The molecule has 0 saturated heterocycles. The minimum absolute atomic E-state index is 0.225. The summed E-state index contributed by atoms with van der Waals surface area (Å²) in [7, 11) is 0. The van der Waals surface area contributed by atoms with Gasteiger partial charge in [0.15, 0.2) is 0 Å². The van der Waals surface area contributed by atoms with E-state index in [1.807, 2.05) is 0 Å². The van der Waals surface area contributed by atoms with Crippen molar-refractivity contribution in [3.05, 3.63) is 11.9 Å². The average molecular weight is 283 g/mol. The van der Waals surface area contributed by atoms with Crippen LogP contribution in [0.15, 0.2) is 11.4 Å². The first-order valence-electron chi connectivity index (χ1n) is 7.08. The summed E-state index contributed by atoms with van der Waals surface area (Å²) in [4.78, 5) is 8.78. The van der Waals surface area contributed by atoms with Gasteiger partial charge in [0.1, 0.15) is 17.2 Å². The fourth-order valence-corrected chi connectivity index (χ4v) is 2.85. The molecule has 0 saturated carbocycles. The van der Waals surface area contributed by atoms with Crippen LogP contribution in [0.3, 0.4) is 0 Å². The number of anilines is 1. The van der Waals surface area contributed by atoms with Crippen molar-refractivity contribution < 1.29 is 5.11 Å². The van der Waals surface area contributed by atoms with Gasteiger partial charge in [-0.3, -0.25) is 0 Å². The molecule has 1 heterocycles. The Kier molecular flexibility index (Phi) is 7.82. The second-order valence-corrected chi connectivity index (χ2v) is 6.05. The maximum Gasteiger partial charge on any atom is 0.133 e. The van der Waals surface area contributed by atoms with E-state index in [1.54, 1.807) is 18.1 Å². The van der Waals surface area contributed by atoms with Crippen LogP contribution in [0.2, 0.25) is 0 Å². The van der Waals surface area contributed by atoms with Gasteiger partial charge in [0, 0.05) is 24.0 Å². The number of aromatic nitrogens is 2. The van der Waals surface area contributed by atoms with Crippen LogP contribution in [0.1, 0.15) is 45.6 Å². The molecular formula is C14H25N3OS. The fraction of sp³-hybridized carbons (Fsp3) is 0.714. The van der Waals surface area contributed by atoms with Crippen LogP contribution >= 0.6 is 11.8 Å². The summed E-state index contributed by atoms with van der Waals surface area (Å²) in [6.45, 7) is 7.60. The van der Waals surface area contributed by atoms with Gasteiger partial charge in [0.25, 0.3) is 0 Å². The molecule has 0 aliphatic rings. The highest BCUT2D eigenvalue weighted by molar-refractivity contribution is 7.99. The molecule has 1 atom stereocenters. The maximum atomic E-state index is 9.00. The maximum absolute atomic E-state index is 9.00. The summed E-state index contributed by atoms with van der Waals surface area (Å²) in [6.07, 6.45) is 5.57. The molecule has 0 bridgehead atoms. The molecule has 19 heavy (non-hydrogen) atoms. The van der Waals surface area contributed by atoms with Gasteiger partial charge in [-0.2, -0.15) is 0 Å². The number of nitrogens with zero attached hydrogens (tertiary/aromatic N) is 2. The lowest BCUT2D eigenvalue weighted by atomic mass is 10.2. The number of nitrogens with one attached hydrogen (secondary N) is 1. The van der Waals surface area contributed by atoms with Crippen LogP contribution < -0.4 is 5.32 Å². The van der Waals surface area contributed by atoms with Crippen molar-refractivity contribution in [1.82, 2.24) is 9.97 Å². The molecule has 0 spiro atoms. The zero-order valence-corrected chi connectivity index (χ0v) is 13.0. The van der Waals surface area contributed by atoms with Gasteiger partial charge in [-0.05, 0) is 19.3 Å². The van der Waals surface area contributed by atoms with Crippen molar-refractivity contribution in [2.75, 3.05) is 18.5 Å². The predicted molar refractivity (Wildman–Crippen MR) is 81.8 cm³/mol. The van der Waals surface area contributed by atoms with Crippen molar-refractivity contribution in [3.63, 3.8) is 0 Å². The average Bonchev–Trinajstić information content (AvgIpc) is 2.39. The fourth-order valence-electron chi connectivity index (χ4n) is 1.80. The first kappa shape index (κ1) is 16.2. The summed E-state index contributed by atoms with van der Waals surface area (Å²) in [6, 6.07) is 0. The Morgan fingerprint density at radius 2 is 2.11 bits per heavy atom. The molecule has 0 amide bonds. The molecule has 1 rings (SSSR count). The van der Waals surface area contributed by atoms with E-state index in [1.165, 1.54) is 5.56 Å². The van der Waals surface area contributed by atoms with E-state index in [0.29, 0.717) is 5.25 Å². The molecule has 1 unspecified atom stereocenters. The van der Waals surface area contributed by atoms with Crippen molar-refractivity contribution in [3.8, 4) is 0 Å². The third-order valence-corrected chi connectivity index (χ3v) is 4.01. The number of rotatable bonds is 9. The van der Waals surface area contributed by atoms with E-state index >= 15 is 0 Å². The lowest BCUT2D eigenvalue weighted by Crippen LogP contribution is -2.09. The van der Waals surface area contributed by atoms with Gasteiger partial charge >= 0.3 is 0 Å². The molecule has 108 valence electrons. The van der Waals surface area contributed by atoms with E-state index in [2.05, 4.69) is 36.1 Å². The summed E-state index contributed by atoms with van der Waals surface area (Å²) >= 11 is 1.73. The molecule has 5 heteroatoms. The lowest BCUT2D eigenvalue weighted by Gasteiger charge is -2.15. The van der Waals surface area contributed by atoms with Gasteiger partial charge in [-0.15, -0.1) is 11.8 Å². The molecule has 4 nitrogen and oxygen atoms in total. The van der Waals surface area contributed by atoms with E-state index < -0.39 is 0 Å². The number of thioether (sulfide) groups is 1. The number of hydrogen-bond acceptors (Lipinski definition) is 5. The normalized spacial score (nSPS) is 12.4. The van der Waals surface area contributed by atoms with Crippen LogP contribution in [-0.2, 0) is 6.42 Å². The SMILES string of the molecule is CCCNc1ncnc(SC(C)CCO)c1CCC. The molecule has 0 radical (unpaired) electrons. The molecule has 0 fully saturated rings.